The van der Waals surface area contributed by atoms with Gasteiger partial charge in [0.1, 0.15) is 0 Å². The molecule has 0 heterocycles. The van der Waals surface area contributed by atoms with Crippen molar-refractivity contribution in [3.05, 3.63) is 12.2 Å². The van der Waals surface area contributed by atoms with Gasteiger partial charge < -0.3 is 10.4 Å². The number of carbonyl (C=O) groups excluding carboxylic acids is 1. The van der Waals surface area contributed by atoms with Crippen LogP contribution in [-0.4, -0.2) is 24.2 Å². The lowest BCUT2D eigenvalue weighted by Crippen LogP contribution is -2.25. The minimum Gasteiger partial charge on any atom is -0.395 e. The summed E-state index contributed by atoms with van der Waals surface area (Å²) in [5, 5.41) is 10.9. The molecule has 0 saturated carbocycles. The number of carbonyl (C=O) groups is 1. The van der Waals surface area contributed by atoms with Crippen molar-refractivity contribution in [2.45, 2.75) is 19.8 Å². The summed E-state index contributed by atoms with van der Waals surface area (Å²) in [6.45, 7) is 2.37. The first-order valence-electron chi connectivity index (χ1n) is 3.83. The topological polar surface area (TPSA) is 49.3 Å². The molecule has 0 aliphatic carbocycles. The van der Waals surface area contributed by atoms with Crippen molar-refractivity contribution in [3.63, 3.8) is 0 Å². The molecule has 0 aliphatic rings. The molecular weight excluding hydrogens is 142 g/mol. The van der Waals surface area contributed by atoms with E-state index in [4.69, 9.17) is 5.11 Å². The third kappa shape index (κ3) is 7.06. The van der Waals surface area contributed by atoms with Gasteiger partial charge >= 0.3 is 0 Å². The molecule has 0 rings (SSSR count). The quantitative estimate of drug-likeness (QED) is 0.569. The summed E-state index contributed by atoms with van der Waals surface area (Å²) in [5.74, 6) is -0.0382. The van der Waals surface area contributed by atoms with E-state index >= 15 is 0 Å². The van der Waals surface area contributed by atoms with Gasteiger partial charge in [-0.3, -0.25) is 4.79 Å². The Morgan fingerprint density at radius 1 is 1.55 bits per heavy atom. The molecule has 0 unspecified atom stereocenters. The number of aliphatic hydroxyl groups is 1. The molecule has 0 aromatic rings. The van der Waals surface area contributed by atoms with Gasteiger partial charge in [0.25, 0.3) is 0 Å². The molecule has 0 aromatic carbocycles. The first kappa shape index (κ1) is 10.2. The van der Waals surface area contributed by atoms with E-state index < -0.39 is 0 Å². The van der Waals surface area contributed by atoms with E-state index in [1.165, 1.54) is 0 Å². The van der Waals surface area contributed by atoms with E-state index in [-0.39, 0.29) is 12.5 Å². The van der Waals surface area contributed by atoms with Crippen LogP contribution in [0.4, 0.5) is 0 Å². The zero-order chi connectivity index (χ0) is 8.53. The molecule has 0 fully saturated rings. The van der Waals surface area contributed by atoms with Gasteiger partial charge in [-0.2, -0.15) is 0 Å². The number of hydrogen-bond donors (Lipinski definition) is 2. The van der Waals surface area contributed by atoms with Crippen LogP contribution in [0, 0.1) is 0 Å². The number of amides is 1. The molecule has 0 aromatic heterocycles. The highest BCUT2D eigenvalue weighted by atomic mass is 16.3. The third-order valence-electron chi connectivity index (χ3n) is 1.14. The van der Waals surface area contributed by atoms with E-state index in [0.29, 0.717) is 13.0 Å². The van der Waals surface area contributed by atoms with Crippen LogP contribution < -0.4 is 5.32 Å². The molecule has 0 saturated heterocycles. The summed E-state index contributed by atoms with van der Waals surface area (Å²) in [6, 6.07) is 0. The Labute approximate surface area is 67.1 Å². The number of hydrogen-bond acceptors (Lipinski definition) is 2. The number of nitrogens with one attached hydrogen (secondary N) is 1. The summed E-state index contributed by atoms with van der Waals surface area (Å²) < 4.78 is 0. The zero-order valence-electron chi connectivity index (χ0n) is 6.84. The fraction of sp³-hybridized carbons (Fsp3) is 0.625. The second kappa shape index (κ2) is 7.28. The number of rotatable bonds is 5. The Bertz CT molecular complexity index is 132. The predicted octanol–water partition coefficient (Wildman–Crippen LogP) is 0.451. The average Bonchev–Trinajstić information content (AvgIpc) is 2.01. The fourth-order valence-corrected chi connectivity index (χ4v) is 0.625. The lowest BCUT2D eigenvalue weighted by Gasteiger charge is -1.98. The average molecular weight is 157 g/mol. The molecule has 64 valence electrons. The second-order valence-corrected chi connectivity index (χ2v) is 2.16. The van der Waals surface area contributed by atoms with Crippen LogP contribution >= 0.6 is 0 Å². The molecule has 11 heavy (non-hydrogen) atoms. The Balaban J connectivity index is 3.29. The van der Waals surface area contributed by atoms with Crippen molar-refractivity contribution in [1.82, 2.24) is 5.32 Å². The molecule has 0 aliphatic heterocycles. The van der Waals surface area contributed by atoms with Crippen LogP contribution in [0.15, 0.2) is 12.2 Å². The monoisotopic (exact) mass is 157 g/mol. The van der Waals surface area contributed by atoms with E-state index in [0.717, 1.165) is 6.42 Å². The highest BCUT2D eigenvalue weighted by Crippen LogP contribution is 1.85. The molecule has 2 N–H and O–H groups in total. The van der Waals surface area contributed by atoms with Gasteiger partial charge in [-0.1, -0.05) is 19.1 Å². The largest absolute Gasteiger partial charge is 0.395 e. The first-order chi connectivity index (χ1) is 5.31. The molecule has 0 bridgehead atoms. The number of aliphatic hydroxyl groups excluding tert-OH is 1. The summed E-state index contributed by atoms with van der Waals surface area (Å²) in [5.41, 5.74) is 0. The van der Waals surface area contributed by atoms with E-state index in [2.05, 4.69) is 5.32 Å². The van der Waals surface area contributed by atoms with Crippen LogP contribution in [-0.2, 0) is 4.79 Å². The summed E-state index contributed by atoms with van der Waals surface area (Å²) in [7, 11) is 0. The maximum atomic E-state index is 10.8. The van der Waals surface area contributed by atoms with Gasteiger partial charge in [0, 0.05) is 13.0 Å². The van der Waals surface area contributed by atoms with Crippen molar-refractivity contribution in [2.75, 3.05) is 13.2 Å². The maximum Gasteiger partial charge on any atom is 0.223 e. The van der Waals surface area contributed by atoms with Crippen molar-refractivity contribution in [3.8, 4) is 0 Å². The van der Waals surface area contributed by atoms with E-state index in [1.807, 2.05) is 19.1 Å². The molecule has 3 heteroatoms. The van der Waals surface area contributed by atoms with Gasteiger partial charge in [-0.05, 0) is 6.42 Å². The Kier molecular flexibility index (Phi) is 6.73. The van der Waals surface area contributed by atoms with Crippen LogP contribution in [0.25, 0.3) is 0 Å². The van der Waals surface area contributed by atoms with Crippen LogP contribution in [0.5, 0.6) is 0 Å². The number of allylic oxidation sites excluding steroid dienone is 1. The van der Waals surface area contributed by atoms with Gasteiger partial charge in [0.05, 0.1) is 6.61 Å². The van der Waals surface area contributed by atoms with Gasteiger partial charge in [0.15, 0.2) is 0 Å². The van der Waals surface area contributed by atoms with Gasteiger partial charge in [-0.15, -0.1) is 0 Å². The molecule has 0 atom stereocenters. The summed E-state index contributed by atoms with van der Waals surface area (Å²) in [6.07, 6.45) is 5.13. The third-order valence-corrected chi connectivity index (χ3v) is 1.14. The van der Waals surface area contributed by atoms with E-state index in [9.17, 15) is 4.79 Å². The van der Waals surface area contributed by atoms with Crippen molar-refractivity contribution in [2.24, 2.45) is 0 Å². The van der Waals surface area contributed by atoms with Gasteiger partial charge in [-0.25, -0.2) is 0 Å². The standard InChI is InChI=1S/C8H15NO2/c1-2-3-4-5-8(11)9-6-7-10/h3-4,10H,2,5-7H2,1H3,(H,9,11)/b4-3-. The molecule has 1 amide bonds. The van der Waals surface area contributed by atoms with Crippen molar-refractivity contribution < 1.29 is 9.90 Å². The lowest BCUT2D eigenvalue weighted by atomic mass is 10.3. The van der Waals surface area contributed by atoms with Crippen LogP contribution in [0.3, 0.4) is 0 Å². The first-order valence-corrected chi connectivity index (χ1v) is 3.83. The Morgan fingerprint density at radius 3 is 2.82 bits per heavy atom. The highest BCUT2D eigenvalue weighted by Gasteiger charge is 1.93. The van der Waals surface area contributed by atoms with E-state index in [1.54, 1.807) is 0 Å². The highest BCUT2D eigenvalue weighted by molar-refractivity contribution is 5.77. The minimum absolute atomic E-state index is 0.00321. The maximum absolute atomic E-state index is 10.8. The summed E-state index contributed by atoms with van der Waals surface area (Å²) in [4.78, 5) is 10.8. The normalized spacial score (nSPS) is 10.4. The summed E-state index contributed by atoms with van der Waals surface area (Å²) >= 11 is 0. The second-order valence-electron chi connectivity index (χ2n) is 2.16. The minimum atomic E-state index is -0.0382. The SMILES string of the molecule is CC/C=C\CC(=O)NCCO. The van der Waals surface area contributed by atoms with Crippen LogP contribution in [0.1, 0.15) is 19.8 Å². The Morgan fingerprint density at radius 2 is 2.27 bits per heavy atom. The lowest BCUT2D eigenvalue weighted by molar-refractivity contribution is -0.120. The zero-order valence-corrected chi connectivity index (χ0v) is 6.84. The molecule has 3 nitrogen and oxygen atoms in total. The Hall–Kier alpha value is -0.830. The van der Waals surface area contributed by atoms with Crippen molar-refractivity contribution in [1.29, 1.82) is 0 Å². The molecular formula is C8H15NO2. The van der Waals surface area contributed by atoms with Crippen LogP contribution in [0.2, 0.25) is 0 Å². The molecule has 0 spiro atoms. The smallest absolute Gasteiger partial charge is 0.223 e. The predicted molar refractivity (Wildman–Crippen MR) is 44.1 cm³/mol. The molecule has 0 radical (unpaired) electrons. The fourth-order valence-electron chi connectivity index (χ4n) is 0.625. The van der Waals surface area contributed by atoms with Crippen molar-refractivity contribution >= 4 is 5.91 Å². The van der Waals surface area contributed by atoms with Gasteiger partial charge in [0.2, 0.25) is 5.91 Å².